The van der Waals surface area contributed by atoms with E-state index in [1.807, 2.05) is 19.2 Å². The van der Waals surface area contributed by atoms with Gasteiger partial charge >= 0.3 is 0 Å². The van der Waals surface area contributed by atoms with Crippen molar-refractivity contribution in [3.8, 4) is 5.75 Å². The lowest BCUT2D eigenvalue weighted by atomic mass is 10.00. The van der Waals surface area contributed by atoms with Crippen molar-refractivity contribution in [2.75, 3.05) is 14.2 Å². The summed E-state index contributed by atoms with van der Waals surface area (Å²) in [5.41, 5.74) is 2.49. The maximum Gasteiger partial charge on any atom is 0.121 e. The minimum atomic E-state index is 0.391. The first-order chi connectivity index (χ1) is 7.72. The molecule has 0 fully saturated rings. The molecule has 0 saturated heterocycles. The molecular formula is C14H21NO. The fourth-order valence-corrected chi connectivity index (χ4v) is 1.88. The van der Waals surface area contributed by atoms with Gasteiger partial charge < -0.3 is 10.1 Å². The zero-order chi connectivity index (χ0) is 12.0. The molecule has 0 aromatic heterocycles. The monoisotopic (exact) mass is 219 g/mol. The average molecular weight is 219 g/mol. The summed E-state index contributed by atoms with van der Waals surface area (Å²) in [7, 11) is 3.70. The van der Waals surface area contributed by atoms with Crippen molar-refractivity contribution in [2.45, 2.75) is 25.8 Å². The first-order valence-corrected chi connectivity index (χ1v) is 5.65. The molecule has 16 heavy (non-hydrogen) atoms. The van der Waals surface area contributed by atoms with E-state index in [4.69, 9.17) is 4.74 Å². The standard InChI is InChI=1S/C14H21NO/c1-5-6-7-13(15-3)12-8-9-14(16-4)11(2)10-12/h5,8-10,13,15H,1,6-7H2,2-4H3. The summed E-state index contributed by atoms with van der Waals surface area (Å²) in [6.45, 7) is 5.83. The minimum absolute atomic E-state index is 0.391. The van der Waals surface area contributed by atoms with Crippen LogP contribution in [0.15, 0.2) is 30.9 Å². The number of benzene rings is 1. The van der Waals surface area contributed by atoms with Crippen molar-refractivity contribution in [3.63, 3.8) is 0 Å². The first-order valence-electron chi connectivity index (χ1n) is 5.65. The molecule has 1 N–H and O–H groups in total. The molecule has 0 aliphatic heterocycles. The van der Waals surface area contributed by atoms with Gasteiger partial charge in [-0.3, -0.25) is 0 Å². The van der Waals surface area contributed by atoms with Crippen LogP contribution in [0.1, 0.15) is 30.0 Å². The largest absolute Gasteiger partial charge is 0.496 e. The predicted octanol–water partition coefficient (Wildman–Crippen LogP) is 3.23. The highest BCUT2D eigenvalue weighted by atomic mass is 16.5. The Kier molecular flexibility index (Phi) is 5.06. The summed E-state index contributed by atoms with van der Waals surface area (Å²) in [5.74, 6) is 0.947. The molecule has 0 radical (unpaired) electrons. The molecule has 0 spiro atoms. The second kappa shape index (κ2) is 6.33. The van der Waals surface area contributed by atoms with Gasteiger partial charge in [0.15, 0.2) is 0 Å². The van der Waals surface area contributed by atoms with Gasteiger partial charge in [0.25, 0.3) is 0 Å². The first kappa shape index (κ1) is 12.8. The van der Waals surface area contributed by atoms with Crippen LogP contribution < -0.4 is 10.1 Å². The van der Waals surface area contributed by atoms with Crippen molar-refractivity contribution in [2.24, 2.45) is 0 Å². The fraction of sp³-hybridized carbons (Fsp3) is 0.429. The van der Waals surface area contributed by atoms with Gasteiger partial charge in [0, 0.05) is 6.04 Å². The van der Waals surface area contributed by atoms with Crippen molar-refractivity contribution < 1.29 is 4.74 Å². The van der Waals surface area contributed by atoms with E-state index >= 15 is 0 Å². The molecule has 1 aromatic rings. The molecule has 0 aliphatic carbocycles. The number of hydrogen-bond donors (Lipinski definition) is 1. The Morgan fingerprint density at radius 3 is 2.75 bits per heavy atom. The second-order valence-corrected chi connectivity index (χ2v) is 3.94. The van der Waals surface area contributed by atoms with Crippen LogP contribution in [-0.4, -0.2) is 14.2 Å². The van der Waals surface area contributed by atoms with E-state index in [2.05, 4.69) is 31.0 Å². The molecule has 0 saturated carbocycles. The normalized spacial score (nSPS) is 12.2. The van der Waals surface area contributed by atoms with Crippen LogP contribution in [0, 0.1) is 6.92 Å². The van der Waals surface area contributed by atoms with Crippen LogP contribution in [0.3, 0.4) is 0 Å². The molecular weight excluding hydrogens is 198 g/mol. The number of rotatable bonds is 6. The van der Waals surface area contributed by atoms with Gasteiger partial charge in [-0.05, 0) is 44.0 Å². The Bertz CT molecular complexity index is 347. The maximum atomic E-state index is 5.26. The van der Waals surface area contributed by atoms with Crippen LogP contribution >= 0.6 is 0 Å². The Hall–Kier alpha value is -1.28. The van der Waals surface area contributed by atoms with Gasteiger partial charge in [0.2, 0.25) is 0 Å². The van der Waals surface area contributed by atoms with Crippen molar-refractivity contribution in [1.82, 2.24) is 5.32 Å². The topological polar surface area (TPSA) is 21.3 Å². The number of aryl methyl sites for hydroxylation is 1. The van der Waals surface area contributed by atoms with Crippen LogP contribution in [0.25, 0.3) is 0 Å². The minimum Gasteiger partial charge on any atom is -0.496 e. The number of ether oxygens (including phenoxy) is 1. The summed E-state index contributed by atoms with van der Waals surface area (Å²) < 4.78 is 5.26. The molecule has 0 amide bonds. The Morgan fingerprint density at radius 2 is 2.25 bits per heavy atom. The number of methoxy groups -OCH3 is 1. The molecule has 1 aromatic carbocycles. The molecule has 0 bridgehead atoms. The van der Waals surface area contributed by atoms with Crippen molar-refractivity contribution >= 4 is 0 Å². The highest BCUT2D eigenvalue weighted by Gasteiger charge is 2.09. The summed E-state index contributed by atoms with van der Waals surface area (Å²) >= 11 is 0. The van der Waals surface area contributed by atoms with E-state index in [-0.39, 0.29) is 0 Å². The van der Waals surface area contributed by atoms with Crippen LogP contribution in [0.5, 0.6) is 5.75 Å². The molecule has 0 aliphatic rings. The van der Waals surface area contributed by atoms with Gasteiger partial charge in [-0.15, -0.1) is 6.58 Å². The van der Waals surface area contributed by atoms with Gasteiger partial charge in [0.05, 0.1) is 7.11 Å². The van der Waals surface area contributed by atoms with Gasteiger partial charge in [-0.25, -0.2) is 0 Å². The fourth-order valence-electron chi connectivity index (χ4n) is 1.88. The second-order valence-electron chi connectivity index (χ2n) is 3.94. The highest BCUT2D eigenvalue weighted by Crippen LogP contribution is 2.24. The van der Waals surface area contributed by atoms with Gasteiger partial charge in [-0.1, -0.05) is 18.2 Å². The van der Waals surface area contributed by atoms with Crippen LogP contribution in [-0.2, 0) is 0 Å². The lowest BCUT2D eigenvalue weighted by Crippen LogP contribution is -2.16. The lowest BCUT2D eigenvalue weighted by molar-refractivity contribution is 0.411. The maximum absolute atomic E-state index is 5.26. The Morgan fingerprint density at radius 1 is 1.50 bits per heavy atom. The molecule has 1 atom stereocenters. The average Bonchev–Trinajstić information content (AvgIpc) is 2.30. The third kappa shape index (κ3) is 3.11. The van der Waals surface area contributed by atoms with Crippen LogP contribution in [0.2, 0.25) is 0 Å². The SMILES string of the molecule is C=CCCC(NC)c1ccc(OC)c(C)c1. The van der Waals surface area contributed by atoms with Crippen LogP contribution in [0.4, 0.5) is 0 Å². The number of nitrogens with one attached hydrogen (secondary N) is 1. The smallest absolute Gasteiger partial charge is 0.121 e. The molecule has 1 rings (SSSR count). The van der Waals surface area contributed by atoms with Gasteiger partial charge in [-0.2, -0.15) is 0 Å². The Labute approximate surface area is 98.3 Å². The summed E-state index contributed by atoms with van der Waals surface area (Å²) in [4.78, 5) is 0. The molecule has 1 unspecified atom stereocenters. The van der Waals surface area contributed by atoms with E-state index in [9.17, 15) is 0 Å². The van der Waals surface area contributed by atoms with E-state index in [0.717, 1.165) is 18.6 Å². The number of allylic oxidation sites excluding steroid dienone is 1. The van der Waals surface area contributed by atoms with Crippen molar-refractivity contribution in [3.05, 3.63) is 42.0 Å². The van der Waals surface area contributed by atoms with Crippen molar-refractivity contribution in [1.29, 1.82) is 0 Å². The molecule has 88 valence electrons. The zero-order valence-electron chi connectivity index (χ0n) is 10.4. The van der Waals surface area contributed by atoms with E-state index in [0.29, 0.717) is 6.04 Å². The zero-order valence-corrected chi connectivity index (χ0v) is 10.4. The molecule has 0 heterocycles. The van der Waals surface area contributed by atoms with E-state index < -0.39 is 0 Å². The van der Waals surface area contributed by atoms with E-state index in [1.165, 1.54) is 11.1 Å². The summed E-state index contributed by atoms with van der Waals surface area (Å²) in [6, 6.07) is 6.73. The quantitative estimate of drug-likeness (QED) is 0.742. The molecule has 2 nitrogen and oxygen atoms in total. The summed E-state index contributed by atoms with van der Waals surface area (Å²) in [6.07, 6.45) is 4.06. The molecule has 2 heteroatoms. The van der Waals surface area contributed by atoms with Gasteiger partial charge in [0.1, 0.15) is 5.75 Å². The third-order valence-electron chi connectivity index (χ3n) is 2.83. The lowest BCUT2D eigenvalue weighted by Gasteiger charge is -2.17. The highest BCUT2D eigenvalue weighted by molar-refractivity contribution is 5.37. The number of hydrogen-bond acceptors (Lipinski definition) is 2. The summed E-state index contributed by atoms with van der Waals surface area (Å²) in [5, 5.41) is 3.33. The Balaban J connectivity index is 2.84. The predicted molar refractivity (Wildman–Crippen MR) is 69.0 cm³/mol. The van der Waals surface area contributed by atoms with E-state index in [1.54, 1.807) is 7.11 Å². The third-order valence-corrected chi connectivity index (χ3v) is 2.83.